The third-order valence-electron chi connectivity index (χ3n) is 2.37. The summed E-state index contributed by atoms with van der Waals surface area (Å²) >= 11 is 0. The maximum atomic E-state index is 12.6. The van der Waals surface area contributed by atoms with Gasteiger partial charge in [-0.25, -0.2) is 0 Å². The summed E-state index contributed by atoms with van der Waals surface area (Å²) in [5.41, 5.74) is 0. The zero-order chi connectivity index (χ0) is 12.7. The first kappa shape index (κ1) is 14.0. The highest BCUT2D eigenvalue weighted by atomic mass is 32.3. The van der Waals surface area contributed by atoms with E-state index in [9.17, 15) is 12.3 Å². The van der Waals surface area contributed by atoms with Crippen LogP contribution >= 0.6 is 0 Å². The standard InChI is InChI=1S/C12H17FO3S/c1-2-3-4-5-10-16-11-6-8-12(9-7-11)17(13,14)15/h6-9H,2-5,10H2,1H3. The van der Waals surface area contributed by atoms with Crippen molar-refractivity contribution in [1.82, 2.24) is 0 Å². The molecule has 0 atom stereocenters. The van der Waals surface area contributed by atoms with Crippen LogP contribution < -0.4 is 4.74 Å². The fourth-order valence-corrected chi connectivity index (χ4v) is 1.88. The smallest absolute Gasteiger partial charge is 0.332 e. The molecule has 0 saturated heterocycles. The second kappa shape index (κ2) is 6.59. The lowest BCUT2D eigenvalue weighted by Crippen LogP contribution is -1.98. The van der Waals surface area contributed by atoms with Crippen molar-refractivity contribution >= 4 is 10.2 Å². The van der Waals surface area contributed by atoms with Crippen LogP contribution in [0.1, 0.15) is 32.6 Å². The average molecular weight is 260 g/mol. The summed E-state index contributed by atoms with van der Waals surface area (Å²) in [6.45, 7) is 2.73. The lowest BCUT2D eigenvalue weighted by molar-refractivity contribution is 0.305. The molecule has 0 aliphatic heterocycles. The molecular weight excluding hydrogens is 243 g/mol. The molecule has 0 aromatic heterocycles. The van der Waals surface area contributed by atoms with Gasteiger partial charge in [0.15, 0.2) is 0 Å². The Kier molecular flexibility index (Phi) is 5.41. The molecule has 1 aromatic rings. The summed E-state index contributed by atoms with van der Waals surface area (Å²) in [4.78, 5) is -0.337. The molecule has 0 bridgehead atoms. The molecule has 96 valence electrons. The van der Waals surface area contributed by atoms with E-state index >= 15 is 0 Å². The van der Waals surface area contributed by atoms with Gasteiger partial charge in [-0.1, -0.05) is 26.2 Å². The molecule has 0 unspecified atom stereocenters. The van der Waals surface area contributed by atoms with Gasteiger partial charge in [0.25, 0.3) is 0 Å². The van der Waals surface area contributed by atoms with E-state index in [0.29, 0.717) is 12.4 Å². The van der Waals surface area contributed by atoms with Gasteiger partial charge in [-0.2, -0.15) is 8.42 Å². The maximum Gasteiger partial charge on any atom is 0.332 e. The van der Waals surface area contributed by atoms with Gasteiger partial charge in [0, 0.05) is 0 Å². The third-order valence-corrected chi connectivity index (χ3v) is 3.21. The van der Waals surface area contributed by atoms with E-state index in [2.05, 4.69) is 6.92 Å². The molecule has 0 N–H and O–H groups in total. The molecule has 1 aromatic carbocycles. The third kappa shape index (κ3) is 5.17. The first-order valence-corrected chi connectivity index (χ1v) is 7.10. The summed E-state index contributed by atoms with van der Waals surface area (Å²) in [5, 5.41) is 0. The van der Waals surface area contributed by atoms with Crippen LogP contribution in [-0.2, 0) is 10.2 Å². The molecule has 0 aliphatic carbocycles. The van der Waals surface area contributed by atoms with Gasteiger partial charge in [-0.3, -0.25) is 0 Å². The summed E-state index contributed by atoms with van der Waals surface area (Å²) in [7, 11) is -4.61. The van der Waals surface area contributed by atoms with Crippen molar-refractivity contribution in [2.75, 3.05) is 6.61 Å². The minimum absolute atomic E-state index is 0.337. The van der Waals surface area contributed by atoms with E-state index in [4.69, 9.17) is 4.74 Å². The Morgan fingerprint density at radius 1 is 1.12 bits per heavy atom. The molecule has 0 radical (unpaired) electrons. The zero-order valence-corrected chi connectivity index (χ0v) is 10.7. The van der Waals surface area contributed by atoms with E-state index in [1.165, 1.54) is 37.1 Å². The Bertz CT molecular complexity index is 426. The van der Waals surface area contributed by atoms with Gasteiger partial charge in [-0.05, 0) is 30.7 Å². The lowest BCUT2D eigenvalue weighted by Gasteiger charge is -2.05. The summed E-state index contributed by atoms with van der Waals surface area (Å²) < 4.78 is 39.1. The topological polar surface area (TPSA) is 43.4 Å². The molecule has 0 fully saturated rings. The fraction of sp³-hybridized carbons (Fsp3) is 0.500. The Labute approximate surface area is 102 Å². The molecule has 0 aliphatic rings. The van der Waals surface area contributed by atoms with Crippen LogP contribution in [0.4, 0.5) is 3.89 Å². The van der Waals surface area contributed by atoms with Crippen molar-refractivity contribution in [2.24, 2.45) is 0 Å². The molecule has 1 rings (SSSR count). The first-order valence-electron chi connectivity index (χ1n) is 5.71. The van der Waals surface area contributed by atoms with Crippen LogP contribution in [-0.4, -0.2) is 15.0 Å². The molecular formula is C12H17FO3S. The summed E-state index contributed by atoms with van der Waals surface area (Å²) in [5.74, 6) is 0.564. The molecule has 0 amide bonds. The Hall–Kier alpha value is -1.10. The van der Waals surface area contributed by atoms with Gasteiger partial charge >= 0.3 is 10.2 Å². The zero-order valence-electron chi connectivity index (χ0n) is 9.86. The highest BCUT2D eigenvalue weighted by Gasteiger charge is 2.10. The summed E-state index contributed by atoms with van der Waals surface area (Å²) in [6.07, 6.45) is 4.44. The Balaban J connectivity index is 2.41. The lowest BCUT2D eigenvalue weighted by atomic mass is 10.2. The van der Waals surface area contributed by atoms with Crippen molar-refractivity contribution in [2.45, 2.75) is 37.5 Å². The van der Waals surface area contributed by atoms with Gasteiger partial charge < -0.3 is 4.74 Å². The Morgan fingerprint density at radius 2 is 1.76 bits per heavy atom. The number of unbranched alkanes of at least 4 members (excludes halogenated alkanes) is 3. The van der Waals surface area contributed by atoms with Crippen LogP contribution in [0.2, 0.25) is 0 Å². The largest absolute Gasteiger partial charge is 0.494 e. The van der Waals surface area contributed by atoms with Gasteiger partial charge in [0.2, 0.25) is 0 Å². The van der Waals surface area contributed by atoms with Crippen LogP contribution in [0, 0.1) is 0 Å². The van der Waals surface area contributed by atoms with Gasteiger partial charge in [-0.15, -0.1) is 3.89 Å². The monoisotopic (exact) mass is 260 g/mol. The van der Waals surface area contributed by atoms with E-state index in [1.807, 2.05) is 0 Å². The normalized spacial score (nSPS) is 11.4. The van der Waals surface area contributed by atoms with Crippen molar-refractivity contribution in [3.63, 3.8) is 0 Å². The number of benzene rings is 1. The second-order valence-corrected chi connectivity index (χ2v) is 5.17. The number of ether oxygens (including phenoxy) is 1. The molecule has 0 saturated carbocycles. The van der Waals surface area contributed by atoms with E-state index in [0.717, 1.165) is 12.8 Å². The fourth-order valence-electron chi connectivity index (χ4n) is 1.42. The predicted octanol–water partition coefficient (Wildman–Crippen LogP) is 3.30. The van der Waals surface area contributed by atoms with Crippen LogP contribution in [0.5, 0.6) is 5.75 Å². The number of hydrogen-bond acceptors (Lipinski definition) is 3. The minimum Gasteiger partial charge on any atom is -0.494 e. The number of rotatable bonds is 7. The van der Waals surface area contributed by atoms with E-state index in [-0.39, 0.29) is 4.90 Å². The molecule has 3 nitrogen and oxygen atoms in total. The molecule has 17 heavy (non-hydrogen) atoms. The Morgan fingerprint density at radius 3 is 2.29 bits per heavy atom. The van der Waals surface area contributed by atoms with E-state index in [1.54, 1.807) is 0 Å². The quantitative estimate of drug-likeness (QED) is 0.558. The van der Waals surface area contributed by atoms with Crippen LogP contribution in [0.25, 0.3) is 0 Å². The minimum atomic E-state index is -4.61. The predicted molar refractivity (Wildman–Crippen MR) is 64.4 cm³/mol. The van der Waals surface area contributed by atoms with E-state index < -0.39 is 10.2 Å². The molecule has 0 spiro atoms. The van der Waals surface area contributed by atoms with Crippen molar-refractivity contribution in [3.8, 4) is 5.75 Å². The SMILES string of the molecule is CCCCCCOc1ccc(S(=O)(=O)F)cc1. The van der Waals surface area contributed by atoms with Crippen molar-refractivity contribution in [3.05, 3.63) is 24.3 Å². The van der Waals surface area contributed by atoms with Gasteiger partial charge in [0.05, 0.1) is 11.5 Å². The highest BCUT2D eigenvalue weighted by molar-refractivity contribution is 7.86. The maximum absolute atomic E-state index is 12.6. The van der Waals surface area contributed by atoms with Crippen LogP contribution in [0.15, 0.2) is 29.2 Å². The number of hydrogen-bond donors (Lipinski definition) is 0. The first-order chi connectivity index (χ1) is 8.04. The molecule has 5 heteroatoms. The summed E-state index contributed by atoms with van der Waals surface area (Å²) in [6, 6.07) is 5.34. The molecule has 0 heterocycles. The highest BCUT2D eigenvalue weighted by Crippen LogP contribution is 2.17. The van der Waals surface area contributed by atoms with Gasteiger partial charge in [0.1, 0.15) is 5.75 Å². The van der Waals surface area contributed by atoms with Crippen LogP contribution in [0.3, 0.4) is 0 Å². The number of halogens is 1. The second-order valence-electron chi connectivity index (χ2n) is 3.82. The average Bonchev–Trinajstić information content (AvgIpc) is 2.28. The van der Waals surface area contributed by atoms with Crippen molar-refractivity contribution in [1.29, 1.82) is 0 Å². The van der Waals surface area contributed by atoms with Crippen molar-refractivity contribution < 1.29 is 17.0 Å².